The highest BCUT2D eigenvalue weighted by Crippen LogP contribution is 2.38. The average molecular weight is 576 g/mol. The fourth-order valence-electron chi connectivity index (χ4n) is 4.23. The Kier molecular flexibility index (Phi) is 12.8. The van der Waals surface area contributed by atoms with Crippen molar-refractivity contribution in [3.05, 3.63) is 99.5 Å². The lowest BCUT2D eigenvalue weighted by Crippen LogP contribution is -2.31. The Balaban J connectivity index is 0.000000234. The van der Waals surface area contributed by atoms with Gasteiger partial charge in [-0.15, -0.1) is 0 Å². The fourth-order valence-corrected chi connectivity index (χ4v) is 4.59. The number of rotatable bonds is 5. The van der Waals surface area contributed by atoms with Crippen LogP contribution in [0.4, 0.5) is 14.5 Å². The molecule has 0 aromatic heterocycles. The van der Waals surface area contributed by atoms with Gasteiger partial charge in [0.2, 0.25) is 6.41 Å². The second-order valence-electron chi connectivity index (χ2n) is 10.3. The Morgan fingerprint density at radius 3 is 2.28 bits per heavy atom. The number of hydrogen-bond donors (Lipinski definition) is 3. The molecule has 0 bridgehead atoms. The first-order valence-corrected chi connectivity index (χ1v) is 13.2. The fraction of sp³-hybridized carbons (Fsp3) is 0.333. The summed E-state index contributed by atoms with van der Waals surface area (Å²) < 4.78 is 26.2. The van der Waals surface area contributed by atoms with Crippen LogP contribution in [0, 0.1) is 34.3 Å². The van der Waals surface area contributed by atoms with Crippen molar-refractivity contribution in [2.75, 3.05) is 11.9 Å². The van der Waals surface area contributed by atoms with Gasteiger partial charge in [-0.25, -0.2) is 8.78 Å². The van der Waals surface area contributed by atoms with E-state index in [1.54, 1.807) is 24.3 Å². The van der Waals surface area contributed by atoms with E-state index in [4.69, 9.17) is 28.9 Å². The van der Waals surface area contributed by atoms with Gasteiger partial charge in [0.25, 0.3) is 0 Å². The van der Waals surface area contributed by atoms with E-state index in [0.29, 0.717) is 30.1 Å². The summed E-state index contributed by atoms with van der Waals surface area (Å²) in [5.41, 5.74) is 7.91. The zero-order chi connectivity index (χ0) is 29.0. The van der Waals surface area contributed by atoms with Crippen molar-refractivity contribution in [2.24, 2.45) is 17.1 Å². The molecule has 1 saturated heterocycles. The molecule has 4 rings (SSSR count). The minimum atomic E-state index is -0.391. The second kappa shape index (κ2) is 15.5. The summed E-state index contributed by atoms with van der Waals surface area (Å²) in [5, 5.41) is 16.0. The zero-order valence-electron chi connectivity index (χ0n) is 22.2. The Hall–Kier alpha value is -3.02. The monoisotopic (exact) mass is 574 g/mol. The van der Waals surface area contributed by atoms with Crippen molar-refractivity contribution in [1.82, 2.24) is 5.32 Å². The molecule has 0 spiro atoms. The third-order valence-corrected chi connectivity index (χ3v) is 6.56. The highest BCUT2D eigenvalue weighted by Gasteiger charge is 2.39. The van der Waals surface area contributed by atoms with Gasteiger partial charge in [0.1, 0.15) is 11.6 Å². The molecule has 39 heavy (non-hydrogen) atoms. The summed E-state index contributed by atoms with van der Waals surface area (Å²) in [6.45, 7) is 7.60. The molecule has 9 heteroatoms. The van der Waals surface area contributed by atoms with Gasteiger partial charge in [0.15, 0.2) is 0 Å². The SMILES string of the molecule is CC(C)(C)CC1NCC(c2cccc(Cl)c2F)C1C#N.Fc1cccc(Cl)c1.NCc1ccc(NC=O)cc1. The molecule has 1 aliphatic heterocycles. The Bertz CT molecular complexity index is 1230. The lowest BCUT2D eigenvalue weighted by Gasteiger charge is -2.26. The first-order chi connectivity index (χ1) is 18.5. The number of hydrogen-bond acceptors (Lipinski definition) is 4. The van der Waals surface area contributed by atoms with Crippen LogP contribution < -0.4 is 16.4 Å². The molecule has 0 aliphatic carbocycles. The second-order valence-corrected chi connectivity index (χ2v) is 11.1. The summed E-state index contributed by atoms with van der Waals surface area (Å²) in [6.07, 6.45) is 1.54. The van der Waals surface area contributed by atoms with Gasteiger partial charge in [0.05, 0.1) is 17.0 Å². The van der Waals surface area contributed by atoms with Gasteiger partial charge in [-0.3, -0.25) is 4.79 Å². The molecule has 4 N–H and O–H groups in total. The molecule has 1 amide bonds. The minimum absolute atomic E-state index is 0.100. The van der Waals surface area contributed by atoms with Crippen LogP contribution in [0.2, 0.25) is 10.0 Å². The molecule has 5 nitrogen and oxygen atoms in total. The van der Waals surface area contributed by atoms with Crippen LogP contribution in [0.25, 0.3) is 0 Å². The molecule has 3 aromatic rings. The van der Waals surface area contributed by atoms with E-state index in [0.717, 1.165) is 17.7 Å². The van der Waals surface area contributed by atoms with Crippen LogP contribution in [0.1, 0.15) is 44.2 Å². The Labute approximate surface area is 239 Å². The normalized spacial score (nSPS) is 18.1. The zero-order valence-corrected chi connectivity index (χ0v) is 23.7. The van der Waals surface area contributed by atoms with Gasteiger partial charge in [-0.1, -0.05) is 74.3 Å². The lowest BCUT2D eigenvalue weighted by atomic mass is 9.79. The largest absolute Gasteiger partial charge is 0.329 e. The van der Waals surface area contributed by atoms with E-state index in [1.165, 1.54) is 18.2 Å². The standard InChI is InChI=1S/C16H20ClFN2.C8H10N2O.C6H4ClF/c1-16(2,3)7-14-11(8-19)12(9-20-14)10-5-4-6-13(17)15(10)18;9-5-7-1-3-8(4-2-7)10-6-11;7-5-2-1-3-6(8)4-5/h4-6,11-12,14,20H,7,9H2,1-3H3;1-4,6H,5,9H2,(H,10,11);1-4H. The predicted molar refractivity (Wildman–Crippen MR) is 155 cm³/mol. The summed E-state index contributed by atoms with van der Waals surface area (Å²) >= 11 is 11.3. The van der Waals surface area contributed by atoms with Crippen LogP contribution in [0.5, 0.6) is 0 Å². The van der Waals surface area contributed by atoms with Crippen molar-refractivity contribution < 1.29 is 13.6 Å². The van der Waals surface area contributed by atoms with Crippen molar-refractivity contribution in [3.63, 3.8) is 0 Å². The van der Waals surface area contributed by atoms with E-state index in [-0.39, 0.29) is 34.1 Å². The molecule has 3 atom stereocenters. The molecule has 208 valence electrons. The summed E-state index contributed by atoms with van der Waals surface area (Å²) in [4.78, 5) is 9.99. The van der Waals surface area contributed by atoms with Crippen molar-refractivity contribution in [2.45, 2.75) is 45.7 Å². The first kappa shape index (κ1) is 32.2. The third kappa shape index (κ3) is 10.6. The molecule has 3 unspecified atom stereocenters. The number of nitrogens with two attached hydrogens (primary N) is 1. The maximum absolute atomic E-state index is 14.2. The smallest absolute Gasteiger partial charge is 0.211 e. The molecule has 0 saturated carbocycles. The number of anilines is 1. The molecular weight excluding hydrogens is 541 g/mol. The number of nitrogens with zero attached hydrogens (tertiary/aromatic N) is 1. The molecular formula is C30H34Cl2F2N4O. The predicted octanol–water partition coefficient (Wildman–Crippen LogP) is 7.30. The van der Waals surface area contributed by atoms with Crippen molar-refractivity contribution >= 4 is 35.3 Å². The van der Waals surface area contributed by atoms with Gasteiger partial charge in [0, 0.05) is 35.8 Å². The highest BCUT2D eigenvalue weighted by molar-refractivity contribution is 6.31. The quantitative estimate of drug-likeness (QED) is 0.279. The van der Waals surface area contributed by atoms with Gasteiger partial charge in [-0.05, 0) is 59.4 Å². The summed E-state index contributed by atoms with van der Waals surface area (Å²) in [5.74, 6) is -1.04. The number of nitriles is 1. The van der Waals surface area contributed by atoms with E-state index in [1.807, 2.05) is 24.3 Å². The van der Waals surface area contributed by atoms with E-state index in [2.05, 4.69) is 37.5 Å². The van der Waals surface area contributed by atoms with Crippen LogP contribution in [0.3, 0.4) is 0 Å². The Morgan fingerprint density at radius 1 is 1.10 bits per heavy atom. The third-order valence-electron chi connectivity index (χ3n) is 6.03. The molecule has 1 fully saturated rings. The van der Waals surface area contributed by atoms with Crippen molar-refractivity contribution in [3.8, 4) is 6.07 Å². The number of nitrogens with one attached hydrogen (secondary N) is 2. The number of carbonyl (C=O) groups is 1. The molecule has 1 heterocycles. The average Bonchev–Trinajstić information content (AvgIpc) is 3.27. The van der Waals surface area contributed by atoms with Gasteiger partial charge < -0.3 is 16.4 Å². The van der Waals surface area contributed by atoms with Crippen molar-refractivity contribution in [1.29, 1.82) is 5.26 Å². The number of halogens is 4. The summed E-state index contributed by atoms with van der Waals surface area (Å²) in [7, 11) is 0. The Morgan fingerprint density at radius 2 is 1.77 bits per heavy atom. The summed E-state index contributed by atoms with van der Waals surface area (Å²) in [6, 6.07) is 20.7. The van der Waals surface area contributed by atoms with Crippen LogP contribution in [-0.4, -0.2) is 19.0 Å². The van der Waals surface area contributed by atoms with E-state index >= 15 is 0 Å². The number of carbonyl (C=O) groups excluding carboxylic acids is 1. The molecule has 3 aromatic carbocycles. The maximum Gasteiger partial charge on any atom is 0.211 e. The topological polar surface area (TPSA) is 90.9 Å². The number of amides is 1. The van der Waals surface area contributed by atoms with Gasteiger partial charge in [-0.2, -0.15) is 5.26 Å². The molecule has 0 radical (unpaired) electrons. The van der Waals surface area contributed by atoms with E-state index < -0.39 is 5.82 Å². The highest BCUT2D eigenvalue weighted by atomic mass is 35.5. The number of benzene rings is 3. The maximum atomic E-state index is 14.2. The van der Waals surface area contributed by atoms with Crippen LogP contribution in [-0.2, 0) is 11.3 Å². The van der Waals surface area contributed by atoms with E-state index in [9.17, 15) is 18.8 Å². The lowest BCUT2D eigenvalue weighted by molar-refractivity contribution is -0.105. The molecule has 1 aliphatic rings. The van der Waals surface area contributed by atoms with Crippen LogP contribution in [0.15, 0.2) is 66.7 Å². The van der Waals surface area contributed by atoms with Gasteiger partial charge >= 0.3 is 0 Å². The van der Waals surface area contributed by atoms with Crippen LogP contribution >= 0.6 is 23.2 Å². The first-order valence-electron chi connectivity index (χ1n) is 12.5. The minimum Gasteiger partial charge on any atom is -0.329 e.